The molecular formula is C22H27IN4O2. The van der Waals surface area contributed by atoms with Crippen LogP contribution in [-0.2, 0) is 6.42 Å². The number of aliphatic imine (C=N–C) groups is 1. The summed E-state index contributed by atoms with van der Waals surface area (Å²) in [5.74, 6) is 2.29. The first-order chi connectivity index (χ1) is 13.7. The number of para-hydroxylation sites is 1. The number of benzene rings is 2. The second-order valence-corrected chi connectivity index (χ2v) is 6.86. The molecule has 1 aromatic heterocycles. The number of hydrogen-bond donors (Lipinski definition) is 3. The first kappa shape index (κ1) is 21.3. The Balaban J connectivity index is 0.00000240. The molecule has 1 aliphatic heterocycles. The van der Waals surface area contributed by atoms with Gasteiger partial charge in [-0.05, 0) is 37.1 Å². The Labute approximate surface area is 188 Å². The molecular weight excluding hydrogens is 479 g/mol. The fourth-order valence-electron chi connectivity index (χ4n) is 3.52. The van der Waals surface area contributed by atoms with Crippen molar-refractivity contribution in [3.05, 3.63) is 53.7 Å². The minimum absolute atomic E-state index is 0. The number of H-pyrrole nitrogens is 1. The summed E-state index contributed by atoms with van der Waals surface area (Å²) >= 11 is 0. The number of halogens is 1. The Bertz CT molecular complexity index is 1000. The number of aryl methyl sites for hydroxylation is 1. The number of guanidine groups is 1. The van der Waals surface area contributed by atoms with Gasteiger partial charge >= 0.3 is 0 Å². The van der Waals surface area contributed by atoms with E-state index < -0.39 is 0 Å². The molecule has 3 N–H and O–H groups in total. The van der Waals surface area contributed by atoms with Gasteiger partial charge in [0.15, 0.2) is 17.5 Å². The van der Waals surface area contributed by atoms with Crippen molar-refractivity contribution in [1.29, 1.82) is 0 Å². The van der Waals surface area contributed by atoms with Crippen LogP contribution in [-0.4, -0.2) is 37.7 Å². The Hall–Kier alpha value is -2.42. The van der Waals surface area contributed by atoms with Crippen LogP contribution in [0.25, 0.3) is 10.9 Å². The Morgan fingerprint density at radius 1 is 1.10 bits per heavy atom. The molecule has 2 aromatic carbocycles. The van der Waals surface area contributed by atoms with Crippen LogP contribution >= 0.6 is 24.0 Å². The van der Waals surface area contributed by atoms with Crippen molar-refractivity contribution in [1.82, 2.24) is 10.3 Å². The summed E-state index contributed by atoms with van der Waals surface area (Å²) < 4.78 is 11.4. The van der Waals surface area contributed by atoms with Gasteiger partial charge in [0.1, 0.15) is 0 Å². The minimum atomic E-state index is 0. The topological polar surface area (TPSA) is 70.7 Å². The van der Waals surface area contributed by atoms with E-state index in [9.17, 15) is 0 Å². The van der Waals surface area contributed by atoms with Gasteiger partial charge in [-0.3, -0.25) is 4.99 Å². The van der Waals surface area contributed by atoms with Gasteiger partial charge in [0.05, 0.1) is 13.2 Å². The number of anilines is 1. The second kappa shape index (κ2) is 9.87. The number of nitrogens with one attached hydrogen (secondary N) is 3. The largest absolute Gasteiger partial charge is 0.490 e. The van der Waals surface area contributed by atoms with Crippen molar-refractivity contribution >= 4 is 46.5 Å². The van der Waals surface area contributed by atoms with Crippen molar-refractivity contribution in [3.8, 4) is 11.5 Å². The molecule has 0 bridgehead atoms. The van der Waals surface area contributed by atoms with Gasteiger partial charge in [0.2, 0.25) is 0 Å². The molecule has 2 heterocycles. The number of hydrogen-bond acceptors (Lipinski definition) is 3. The number of ether oxygens (including phenoxy) is 2. The summed E-state index contributed by atoms with van der Waals surface area (Å²) in [5, 5.41) is 8.00. The Kier molecular flexibility index (Phi) is 7.24. The normalized spacial score (nSPS) is 13.5. The highest BCUT2D eigenvalue weighted by molar-refractivity contribution is 14.0. The molecule has 3 aromatic rings. The van der Waals surface area contributed by atoms with Crippen molar-refractivity contribution in [2.75, 3.05) is 32.1 Å². The standard InChI is InChI=1S/C22H26N4O2.HI/c1-15-17(18-6-3-4-7-19(18)25-15)10-11-24-22(23-2)26-16-8-9-20-21(14-16)28-13-5-12-27-20;/h3-4,6-9,14,25H,5,10-13H2,1-2H3,(H2,23,24,26);1H. The molecule has 1 aliphatic rings. The van der Waals surface area contributed by atoms with Crippen LogP contribution in [0.3, 0.4) is 0 Å². The predicted molar refractivity (Wildman–Crippen MR) is 129 cm³/mol. The van der Waals surface area contributed by atoms with E-state index >= 15 is 0 Å². The SMILES string of the molecule is CN=C(NCCc1c(C)[nH]c2ccccc12)Nc1ccc2c(c1)OCCCO2.I. The summed E-state index contributed by atoms with van der Waals surface area (Å²) in [4.78, 5) is 7.79. The highest BCUT2D eigenvalue weighted by atomic mass is 127. The fourth-order valence-corrected chi connectivity index (χ4v) is 3.52. The van der Waals surface area contributed by atoms with Crippen molar-refractivity contribution in [3.63, 3.8) is 0 Å². The molecule has 154 valence electrons. The summed E-state index contributed by atoms with van der Waals surface area (Å²) in [5.41, 5.74) is 4.66. The third-order valence-electron chi connectivity index (χ3n) is 4.93. The van der Waals surface area contributed by atoms with E-state index in [2.05, 4.69) is 51.8 Å². The lowest BCUT2D eigenvalue weighted by molar-refractivity contribution is 0.297. The van der Waals surface area contributed by atoms with E-state index in [1.54, 1.807) is 7.05 Å². The zero-order chi connectivity index (χ0) is 19.3. The Morgan fingerprint density at radius 3 is 2.72 bits per heavy atom. The molecule has 6 nitrogen and oxygen atoms in total. The molecule has 0 saturated heterocycles. The van der Waals surface area contributed by atoms with Gasteiger partial charge in [-0.1, -0.05) is 18.2 Å². The lowest BCUT2D eigenvalue weighted by Crippen LogP contribution is -2.32. The molecule has 0 amide bonds. The van der Waals surface area contributed by atoms with E-state index in [-0.39, 0.29) is 24.0 Å². The minimum Gasteiger partial charge on any atom is -0.490 e. The average molecular weight is 506 g/mol. The van der Waals surface area contributed by atoms with E-state index in [0.29, 0.717) is 13.2 Å². The molecule has 29 heavy (non-hydrogen) atoms. The predicted octanol–water partition coefficient (Wildman–Crippen LogP) is 4.49. The maximum atomic E-state index is 5.76. The molecule has 0 unspecified atom stereocenters. The number of nitrogens with zero attached hydrogens (tertiary/aromatic N) is 1. The third kappa shape index (κ3) is 4.95. The summed E-state index contributed by atoms with van der Waals surface area (Å²) in [6.07, 6.45) is 1.81. The van der Waals surface area contributed by atoms with Crippen molar-refractivity contribution < 1.29 is 9.47 Å². The van der Waals surface area contributed by atoms with E-state index in [1.165, 1.54) is 22.2 Å². The van der Waals surface area contributed by atoms with Crippen molar-refractivity contribution in [2.45, 2.75) is 19.8 Å². The van der Waals surface area contributed by atoms with E-state index in [0.717, 1.165) is 42.5 Å². The molecule has 4 rings (SSSR count). The zero-order valence-corrected chi connectivity index (χ0v) is 19.1. The molecule has 7 heteroatoms. The van der Waals surface area contributed by atoms with Crippen LogP contribution < -0.4 is 20.1 Å². The third-order valence-corrected chi connectivity index (χ3v) is 4.93. The van der Waals surface area contributed by atoms with Gasteiger partial charge in [-0.25, -0.2) is 0 Å². The maximum absolute atomic E-state index is 5.76. The maximum Gasteiger partial charge on any atom is 0.195 e. The molecule has 0 fully saturated rings. The lowest BCUT2D eigenvalue weighted by atomic mass is 10.1. The van der Waals surface area contributed by atoms with Crippen LogP contribution in [0.1, 0.15) is 17.7 Å². The summed E-state index contributed by atoms with van der Waals surface area (Å²) in [6.45, 7) is 4.27. The number of aromatic nitrogens is 1. The van der Waals surface area contributed by atoms with Gasteiger partial charge in [-0.2, -0.15) is 0 Å². The molecule has 0 aliphatic carbocycles. The average Bonchev–Trinajstić information content (AvgIpc) is 2.88. The number of aromatic amines is 1. The van der Waals surface area contributed by atoms with Crippen molar-refractivity contribution in [2.24, 2.45) is 4.99 Å². The van der Waals surface area contributed by atoms with Gasteiger partial charge in [0.25, 0.3) is 0 Å². The van der Waals surface area contributed by atoms with Gasteiger partial charge < -0.3 is 25.1 Å². The highest BCUT2D eigenvalue weighted by Gasteiger charge is 2.12. The van der Waals surface area contributed by atoms with Crippen LogP contribution in [0, 0.1) is 6.92 Å². The first-order valence-electron chi connectivity index (χ1n) is 9.68. The van der Waals surface area contributed by atoms with Crippen LogP contribution in [0.4, 0.5) is 5.69 Å². The quantitative estimate of drug-likeness (QED) is 0.277. The first-order valence-corrected chi connectivity index (χ1v) is 9.68. The molecule has 0 spiro atoms. The second-order valence-electron chi connectivity index (χ2n) is 6.86. The Morgan fingerprint density at radius 2 is 1.90 bits per heavy atom. The molecule has 0 saturated carbocycles. The lowest BCUT2D eigenvalue weighted by Gasteiger charge is -2.14. The fraction of sp³-hybridized carbons (Fsp3) is 0.318. The van der Waals surface area contributed by atoms with Crippen LogP contribution in [0.15, 0.2) is 47.5 Å². The summed E-state index contributed by atoms with van der Waals surface area (Å²) in [6, 6.07) is 14.3. The highest BCUT2D eigenvalue weighted by Crippen LogP contribution is 2.32. The molecule has 0 atom stereocenters. The monoisotopic (exact) mass is 506 g/mol. The van der Waals surface area contributed by atoms with Gasteiger partial charge in [0, 0.05) is 48.4 Å². The number of rotatable bonds is 4. The smallest absolute Gasteiger partial charge is 0.195 e. The molecule has 0 radical (unpaired) electrons. The summed E-state index contributed by atoms with van der Waals surface area (Å²) in [7, 11) is 1.77. The van der Waals surface area contributed by atoms with Gasteiger partial charge in [-0.15, -0.1) is 24.0 Å². The van der Waals surface area contributed by atoms with Crippen LogP contribution in [0.2, 0.25) is 0 Å². The number of fused-ring (bicyclic) bond motifs is 2. The van der Waals surface area contributed by atoms with E-state index in [4.69, 9.17) is 9.47 Å². The zero-order valence-electron chi connectivity index (χ0n) is 16.7. The van der Waals surface area contributed by atoms with E-state index in [1.807, 2.05) is 18.2 Å². The van der Waals surface area contributed by atoms with Crippen LogP contribution in [0.5, 0.6) is 11.5 Å².